The predicted octanol–water partition coefficient (Wildman–Crippen LogP) is 1.77. The smallest absolute Gasteiger partial charge is 0.407 e. The molecule has 1 atom stereocenters. The molecule has 0 saturated carbocycles. The summed E-state index contributed by atoms with van der Waals surface area (Å²) < 4.78 is 37.2. The Morgan fingerprint density at radius 2 is 1.44 bits per heavy atom. The Labute approximate surface area is 149 Å². The molecule has 10 heteroatoms. The SMILES string of the molecule is CC(C)(C)OC(=O)NCCC(COS(C)(=O)=O)NC(=O)OC(C)(C)C. The fourth-order valence-electron chi connectivity index (χ4n) is 1.54. The summed E-state index contributed by atoms with van der Waals surface area (Å²) in [4.78, 5) is 23.4. The molecule has 0 rings (SSSR count). The Morgan fingerprint density at radius 1 is 0.960 bits per heavy atom. The minimum atomic E-state index is -3.66. The van der Waals surface area contributed by atoms with E-state index in [2.05, 4.69) is 10.6 Å². The first-order chi connectivity index (χ1) is 11.1. The van der Waals surface area contributed by atoms with Crippen LogP contribution in [0.2, 0.25) is 0 Å². The second-order valence-corrected chi connectivity index (χ2v) is 9.19. The van der Waals surface area contributed by atoms with Crippen molar-refractivity contribution in [1.29, 1.82) is 0 Å². The molecule has 0 aromatic carbocycles. The number of hydrogen-bond donors (Lipinski definition) is 2. The molecule has 0 saturated heterocycles. The highest BCUT2D eigenvalue weighted by Gasteiger charge is 2.21. The van der Waals surface area contributed by atoms with Crippen molar-refractivity contribution in [3.63, 3.8) is 0 Å². The standard InChI is InChI=1S/C15H30N2O7S/c1-14(2,3)23-12(18)16-9-8-11(10-22-25(7,20)21)17-13(19)24-15(4,5)6/h11H,8-10H2,1-7H3,(H,16,18)(H,17,19). The molecule has 0 heterocycles. The van der Waals surface area contributed by atoms with E-state index in [1.165, 1.54) is 0 Å². The molecule has 0 spiro atoms. The van der Waals surface area contributed by atoms with E-state index in [1.54, 1.807) is 41.5 Å². The minimum Gasteiger partial charge on any atom is -0.444 e. The largest absolute Gasteiger partial charge is 0.444 e. The van der Waals surface area contributed by atoms with E-state index in [0.29, 0.717) is 0 Å². The zero-order valence-electron chi connectivity index (χ0n) is 16.0. The fourth-order valence-corrected chi connectivity index (χ4v) is 1.95. The Bertz CT molecular complexity index is 547. The molecule has 148 valence electrons. The van der Waals surface area contributed by atoms with Crippen molar-refractivity contribution in [3.8, 4) is 0 Å². The van der Waals surface area contributed by atoms with Gasteiger partial charge in [0.15, 0.2) is 0 Å². The lowest BCUT2D eigenvalue weighted by molar-refractivity contribution is 0.0482. The van der Waals surface area contributed by atoms with E-state index in [0.717, 1.165) is 6.26 Å². The highest BCUT2D eigenvalue weighted by Crippen LogP contribution is 2.08. The maximum Gasteiger partial charge on any atom is 0.407 e. The van der Waals surface area contributed by atoms with Gasteiger partial charge in [0, 0.05) is 6.54 Å². The monoisotopic (exact) mass is 382 g/mol. The van der Waals surface area contributed by atoms with E-state index in [1.807, 2.05) is 0 Å². The third-order valence-corrected chi connectivity index (χ3v) is 2.93. The van der Waals surface area contributed by atoms with Gasteiger partial charge in [-0.2, -0.15) is 8.42 Å². The van der Waals surface area contributed by atoms with Crippen LogP contribution in [-0.4, -0.2) is 57.3 Å². The Kier molecular flexibility index (Phi) is 8.66. The van der Waals surface area contributed by atoms with Crippen molar-refractivity contribution in [2.45, 2.75) is 65.2 Å². The molecule has 0 radical (unpaired) electrons. The van der Waals surface area contributed by atoms with E-state index in [9.17, 15) is 18.0 Å². The quantitative estimate of drug-likeness (QED) is 0.644. The van der Waals surface area contributed by atoms with E-state index in [-0.39, 0.29) is 19.6 Å². The van der Waals surface area contributed by atoms with E-state index in [4.69, 9.17) is 13.7 Å². The molecule has 1 unspecified atom stereocenters. The lowest BCUT2D eigenvalue weighted by Gasteiger charge is -2.24. The Balaban J connectivity index is 4.58. The maximum atomic E-state index is 11.8. The van der Waals surface area contributed by atoms with Crippen LogP contribution in [0.25, 0.3) is 0 Å². The van der Waals surface area contributed by atoms with Gasteiger partial charge in [0.05, 0.1) is 18.9 Å². The topological polar surface area (TPSA) is 120 Å². The lowest BCUT2D eigenvalue weighted by atomic mass is 10.2. The summed E-state index contributed by atoms with van der Waals surface area (Å²) in [6.07, 6.45) is -0.163. The highest BCUT2D eigenvalue weighted by atomic mass is 32.2. The summed E-state index contributed by atoms with van der Waals surface area (Å²) in [5.74, 6) is 0. The lowest BCUT2D eigenvalue weighted by Crippen LogP contribution is -2.44. The van der Waals surface area contributed by atoms with Gasteiger partial charge < -0.3 is 20.1 Å². The Morgan fingerprint density at radius 3 is 1.88 bits per heavy atom. The van der Waals surface area contributed by atoms with Crippen LogP contribution in [0.5, 0.6) is 0 Å². The molecule has 0 aromatic rings. The van der Waals surface area contributed by atoms with Gasteiger partial charge in [0.1, 0.15) is 11.2 Å². The predicted molar refractivity (Wildman–Crippen MR) is 92.8 cm³/mol. The number of hydrogen-bond acceptors (Lipinski definition) is 7. The van der Waals surface area contributed by atoms with Gasteiger partial charge in [0.25, 0.3) is 10.1 Å². The second kappa shape index (κ2) is 9.23. The molecule has 0 bridgehead atoms. The molecular formula is C15H30N2O7S. The molecule has 0 aliphatic rings. The number of rotatable bonds is 7. The van der Waals surface area contributed by atoms with Crippen LogP contribution in [-0.2, 0) is 23.8 Å². The summed E-state index contributed by atoms with van der Waals surface area (Å²) in [5.41, 5.74) is -1.32. The summed E-state index contributed by atoms with van der Waals surface area (Å²) in [5, 5.41) is 5.06. The molecule has 0 aromatic heterocycles. The van der Waals surface area contributed by atoms with Crippen molar-refractivity contribution < 1.29 is 31.7 Å². The van der Waals surface area contributed by atoms with Crippen LogP contribution in [0, 0.1) is 0 Å². The van der Waals surface area contributed by atoms with Crippen molar-refractivity contribution in [2.24, 2.45) is 0 Å². The number of nitrogens with one attached hydrogen (secondary N) is 2. The second-order valence-electron chi connectivity index (χ2n) is 7.55. The van der Waals surface area contributed by atoms with Crippen molar-refractivity contribution in [2.75, 3.05) is 19.4 Å². The zero-order chi connectivity index (χ0) is 19.9. The average Bonchev–Trinajstić information content (AvgIpc) is 2.29. The summed E-state index contributed by atoms with van der Waals surface area (Å²) >= 11 is 0. The molecule has 9 nitrogen and oxygen atoms in total. The number of carbonyl (C=O) groups is 2. The number of ether oxygens (including phenoxy) is 2. The van der Waals surface area contributed by atoms with Crippen LogP contribution in [0.1, 0.15) is 48.0 Å². The number of carbonyl (C=O) groups excluding carboxylic acids is 2. The van der Waals surface area contributed by atoms with E-state index < -0.39 is 39.5 Å². The third kappa shape index (κ3) is 15.7. The zero-order valence-corrected chi connectivity index (χ0v) is 16.8. The molecule has 2 N–H and O–H groups in total. The number of amides is 2. The third-order valence-electron chi connectivity index (χ3n) is 2.37. The first-order valence-electron chi connectivity index (χ1n) is 7.88. The maximum absolute atomic E-state index is 11.8. The van der Waals surface area contributed by atoms with Crippen LogP contribution in [0.3, 0.4) is 0 Å². The van der Waals surface area contributed by atoms with Crippen molar-refractivity contribution in [3.05, 3.63) is 0 Å². The van der Waals surface area contributed by atoms with Crippen molar-refractivity contribution >= 4 is 22.3 Å². The van der Waals surface area contributed by atoms with Gasteiger partial charge in [-0.05, 0) is 48.0 Å². The molecule has 0 aliphatic heterocycles. The van der Waals surface area contributed by atoms with Gasteiger partial charge in [-0.3, -0.25) is 4.18 Å². The molecule has 0 aliphatic carbocycles. The van der Waals surface area contributed by atoms with Gasteiger partial charge in [-0.1, -0.05) is 0 Å². The summed E-state index contributed by atoms with van der Waals surface area (Å²) in [6.45, 7) is 10.2. The molecular weight excluding hydrogens is 352 g/mol. The first kappa shape index (κ1) is 23.4. The van der Waals surface area contributed by atoms with Crippen LogP contribution >= 0.6 is 0 Å². The van der Waals surface area contributed by atoms with Gasteiger partial charge >= 0.3 is 12.2 Å². The van der Waals surface area contributed by atoms with Gasteiger partial charge in [-0.25, -0.2) is 9.59 Å². The molecule has 2 amide bonds. The van der Waals surface area contributed by atoms with Crippen molar-refractivity contribution in [1.82, 2.24) is 10.6 Å². The first-order valence-corrected chi connectivity index (χ1v) is 9.70. The average molecular weight is 382 g/mol. The fraction of sp³-hybridized carbons (Fsp3) is 0.867. The van der Waals surface area contributed by atoms with Crippen LogP contribution < -0.4 is 10.6 Å². The number of alkyl carbamates (subject to hydrolysis) is 2. The molecule has 0 fully saturated rings. The van der Waals surface area contributed by atoms with E-state index >= 15 is 0 Å². The van der Waals surface area contributed by atoms with Gasteiger partial charge in [-0.15, -0.1) is 0 Å². The van der Waals surface area contributed by atoms with Gasteiger partial charge in [0.2, 0.25) is 0 Å². The molecule has 25 heavy (non-hydrogen) atoms. The van der Waals surface area contributed by atoms with Crippen LogP contribution in [0.15, 0.2) is 0 Å². The Hall–Kier alpha value is -1.55. The van der Waals surface area contributed by atoms with Crippen LogP contribution in [0.4, 0.5) is 9.59 Å². The highest BCUT2D eigenvalue weighted by molar-refractivity contribution is 7.85. The summed E-state index contributed by atoms with van der Waals surface area (Å²) in [7, 11) is -3.66. The normalized spacial score (nSPS) is 13.7. The minimum absolute atomic E-state index is 0.155. The summed E-state index contributed by atoms with van der Waals surface area (Å²) in [6, 6.07) is -0.667.